The lowest BCUT2D eigenvalue weighted by atomic mass is 10.4. The Morgan fingerprint density at radius 3 is 2.50 bits per heavy atom. The molecule has 0 unspecified atom stereocenters. The van der Waals surface area contributed by atoms with E-state index in [0.717, 1.165) is 5.38 Å². The second kappa shape index (κ2) is 4.73. The van der Waals surface area contributed by atoms with Crippen molar-refractivity contribution in [1.82, 2.24) is 9.97 Å². The van der Waals surface area contributed by atoms with Crippen molar-refractivity contribution in [2.24, 2.45) is 0 Å². The van der Waals surface area contributed by atoms with Gasteiger partial charge in [-0.25, -0.2) is 4.98 Å². The molecule has 1 N–H and O–H groups in total. The van der Waals surface area contributed by atoms with Gasteiger partial charge in [-0.15, -0.1) is 11.3 Å². The highest BCUT2D eigenvalue weighted by atomic mass is 32.1. The van der Waals surface area contributed by atoms with E-state index in [1.807, 2.05) is 0 Å². The zero-order chi connectivity index (χ0) is 13.2. The molecule has 18 heavy (non-hydrogen) atoms. The molecule has 0 aromatic carbocycles. The first-order chi connectivity index (χ1) is 8.47. The first-order valence-electron chi connectivity index (χ1n) is 4.71. The van der Waals surface area contributed by atoms with Gasteiger partial charge in [0.05, 0.1) is 0 Å². The van der Waals surface area contributed by atoms with Crippen LogP contribution in [-0.4, -0.2) is 15.9 Å². The second-order valence-electron chi connectivity index (χ2n) is 3.23. The summed E-state index contributed by atoms with van der Waals surface area (Å²) in [5.74, 6) is -0.679. The highest BCUT2D eigenvalue weighted by Gasteiger charge is 2.34. The average molecular weight is 273 g/mol. The quantitative estimate of drug-likeness (QED) is 0.915. The minimum Gasteiger partial charge on any atom is -0.320 e. The lowest BCUT2D eigenvalue weighted by Gasteiger charge is -2.02. The number of hydrogen-bond donors (Lipinski definition) is 1. The standard InChI is InChI=1S/C10H6F3N3OS/c11-10(12,13)7-5-18-9(16-7)8(17)15-6-1-3-14-4-2-6/h1-5H,(H,14,15,17). The van der Waals surface area contributed by atoms with Crippen molar-refractivity contribution in [2.75, 3.05) is 5.32 Å². The van der Waals surface area contributed by atoms with Crippen LogP contribution in [0.15, 0.2) is 29.9 Å². The number of nitrogens with zero attached hydrogens (tertiary/aromatic N) is 2. The van der Waals surface area contributed by atoms with Crippen LogP contribution in [0.25, 0.3) is 0 Å². The monoisotopic (exact) mass is 273 g/mol. The van der Waals surface area contributed by atoms with Gasteiger partial charge >= 0.3 is 6.18 Å². The molecule has 0 aliphatic carbocycles. The van der Waals surface area contributed by atoms with Crippen molar-refractivity contribution < 1.29 is 18.0 Å². The van der Waals surface area contributed by atoms with Gasteiger partial charge in [-0.2, -0.15) is 13.2 Å². The van der Waals surface area contributed by atoms with Crippen molar-refractivity contribution in [3.63, 3.8) is 0 Å². The molecular formula is C10H6F3N3OS. The summed E-state index contributed by atoms with van der Waals surface area (Å²) in [5, 5.41) is 2.99. The van der Waals surface area contributed by atoms with E-state index in [1.165, 1.54) is 24.5 Å². The fourth-order valence-electron chi connectivity index (χ4n) is 1.13. The van der Waals surface area contributed by atoms with E-state index in [2.05, 4.69) is 15.3 Å². The highest BCUT2D eigenvalue weighted by molar-refractivity contribution is 7.11. The van der Waals surface area contributed by atoms with Crippen LogP contribution in [-0.2, 0) is 6.18 Å². The van der Waals surface area contributed by atoms with Crippen molar-refractivity contribution in [2.45, 2.75) is 6.18 Å². The number of carbonyl (C=O) groups excluding carboxylic acids is 1. The molecule has 0 atom stereocenters. The zero-order valence-corrected chi connectivity index (χ0v) is 9.55. The van der Waals surface area contributed by atoms with Crippen LogP contribution in [0.2, 0.25) is 0 Å². The summed E-state index contributed by atoms with van der Waals surface area (Å²) in [6.45, 7) is 0. The van der Waals surface area contributed by atoms with E-state index < -0.39 is 17.8 Å². The molecule has 2 rings (SSSR count). The number of thiazole rings is 1. The Bertz CT molecular complexity index is 553. The Morgan fingerprint density at radius 2 is 1.94 bits per heavy atom. The number of pyridine rings is 1. The number of hydrogen-bond acceptors (Lipinski definition) is 4. The molecule has 0 aliphatic rings. The number of anilines is 1. The number of aromatic nitrogens is 2. The van der Waals surface area contributed by atoms with Crippen molar-refractivity contribution in [1.29, 1.82) is 0 Å². The minimum absolute atomic E-state index is 0.237. The summed E-state index contributed by atoms with van der Waals surface area (Å²) in [7, 11) is 0. The van der Waals surface area contributed by atoms with Gasteiger partial charge in [0.15, 0.2) is 10.7 Å². The molecule has 0 bridgehead atoms. The summed E-state index contributed by atoms with van der Waals surface area (Å²) in [4.78, 5) is 18.6. The normalized spacial score (nSPS) is 11.3. The van der Waals surface area contributed by atoms with Crippen LogP contribution in [0.3, 0.4) is 0 Å². The van der Waals surface area contributed by atoms with Gasteiger partial charge in [0, 0.05) is 23.5 Å². The van der Waals surface area contributed by atoms with Crippen molar-refractivity contribution >= 4 is 22.9 Å². The first-order valence-corrected chi connectivity index (χ1v) is 5.59. The number of nitrogens with one attached hydrogen (secondary N) is 1. The predicted octanol–water partition coefficient (Wildman–Crippen LogP) is 2.81. The lowest BCUT2D eigenvalue weighted by Crippen LogP contribution is -2.13. The maximum atomic E-state index is 12.3. The van der Waals surface area contributed by atoms with Gasteiger partial charge in [-0.05, 0) is 12.1 Å². The van der Waals surface area contributed by atoms with Gasteiger partial charge in [0.25, 0.3) is 5.91 Å². The molecule has 0 spiro atoms. The van der Waals surface area contributed by atoms with E-state index in [4.69, 9.17) is 0 Å². The van der Waals surface area contributed by atoms with E-state index in [9.17, 15) is 18.0 Å². The maximum Gasteiger partial charge on any atom is 0.434 e. The highest BCUT2D eigenvalue weighted by Crippen LogP contribution is 2.30. The van der Waals surface area contributed by atoms with Crippen molar-refractivity contribution in [3.05, 3.63) is 40.6 Å². The Kier molecular flexibility index (Phi) is 3.28. The number of halogens is 3. The Hall–Kier alpha value is -1.96. The molecule has 1 amide bonds. The molecule has 0 aliphatic heterocycles. The van der Waals surface area contributed by atoms with E-state index in [-0.39, 0.29) is 5.01 Å². The molecule has 0 saturated heterocycles. The smallest absolute Gasteiger partial charge is 0.320 e. The Labute approximate surface area is 104 Å². The van der Waals surface area contributed by atoms with Gasteiger partial charge in [-0.1, -0.05) is 0 Å². The van der Waals surface area contributed by atoms with Crippen LogP contribution in [0.1, 0.15) is 15.5 Å². The van der Waals surface area contributed by atoms with Gasteiger partial charge in [0.1, 0.15) is 0 Å². The molecule has 94 valence electrons. The third-order valence-electron chi connectivity index (χ3n) is 1.93. The van der Waals surface area contributed by atoms with Crippen LogP contribution in [0.5, 0.6) is 0 Å². The molecule has 2 aromatic heterocycles. The Morgan fingerprint density at radius 1 is 1.28 bits per heavy atom. The van der Waals surface area contributed by atoms with Crippen LogP contribution in [0, 0.1) is 0 Å². The lowest BCUT2D eigenvalue weighted by molar-refractivity contribution is -0.140. The van der Waals surface area contributed by atoms with Gasteiger partial charge in [-0.3, -0.25) is 9.78 Å². The van der Waals surface area contributed by atoms with E-state index in [0.29, 0.717) is 17.0 Å². The topological polar surface area (TPSA) is 54.9 Å². The fraction of sp³-hybridized carbons (Fsp3) is 0.100. The average Bonchev–Trinajstić information content (AvgIpc) is 2.79. The number of amides is 1. The molecule has 0 saturated carbocycles. The van der Waals surface area contributed by atoms with Crippen molar-refractivity contribution in [3.8, 4) is 0 Å². The van der Waals surface area contributed by atoms with E-state index in [1.54, 1.807) is 0 Å². The van der Waals surface area contributed by atoms with Gasteiger partial charge < -0.3 is 5.32 Å². The molecule has 0 fully saturated rings. The first kappa shape index (κ1) is 12.5. The summed E-state index contributed by atoms with van der Waals surface area (Å²) in [5.41, 5.74) is -0.619. The molecule has 8 heteroatoms. The molecule has 2 heterocycles. The second-order valence-corrected chi connectivity index (χ2v) is 4.08. The van der Waals surface area contributed by atoms with Crippen LogP contribution >= 0.6 is 11.3 Å². The summed E-state index contributed by atoms with van der Waals surface area (Å²) < 4.78 is 36.9. The maximum absolute atomic E-state index is 12.3. The van der Waals surface area contributed by atoms with E-state index >= 15 is 0 Å². The number of rotatable bonds is 2. The Balaban J connectivity index is 2.13. The molecular weight excluding hydrogens is 267 g/mol. The van der Waals surface area contributed by atoms with Crippen LogP contribution in [0.4, 0.5) is 18.9 Å². The number of carbonyl (C=O) groups is 1. The van der Waals surface area contributed by atoms with Crippen LogP contribution < -0.4 is 5.32 Å². The third kappa shape index (κ3) is 2.83. The predicted molar refractivity (Wildman–Crippen MR) is 59.3 cm³/mol. The zero-order valence-electron chi connectivity index (χ0n) is 8.73. The summed E-state index contributed by atoms with van der Waals surface area (Å²) >= 11 is 0.645. The summed E-state index contributed by atoms with van der Waals surface area (Å²) in [6, 6.07) is 3.05. The van der Waals surface area contributed by atoms with Gasteiger partial charge in [0.2, 0.25) is 0 Å². The molecule has 2 aromatic rings. The summed E-state index contributed by atoms with van der Waals surface area (Å²) in [6.07, 6.45) is -1.62. The molecule has 0 radical (unpaired) electrons. The number of alkyl halides is 3. The SMILES string of the molecule is O=C(Nc1ccncc1)c1nc(C(F)(F)F)cs1. The third-order valence-corrected chi connectivity index (χ3v) is 2.77. The largest absolute Gasteiger partial charge is 0.434 e. The molecule has 4 nitrogen and oxygen atoms in total. The fourth-order valence-corrected chi connectivity index (χ4v) is 1.85. The minimum atomic E-state index is -4.54.